The van der Waals surface area contributed by atoms with Crippen molar-refractivity contribution in [2.24, 2.45) is 0 Å². The molecule has 3 aromatic rings. The predicted octanol–water partition coefficient (Wildman–Crippen LogP) is 3.95. The minimum atomic E-state index is -3.76. The van der Waals surface area contributed by atoms with Crippen molar-refractivity contribution in [1.29, 1.82) is 0 Å². The maximum absolute atomic E-state index is 13.3. The molecular formula is C20H17NO4S. The van der Waals surface area contributed by atoms with E-state index >= 15 is 0 Å². The number of rotatable bonds is 5. The molecule has 5 nitrogen and oxygen atoms in total. The van der Waals surface area contributed by atoms with E-state index in [-0.39, 0.29) is 18.2 Å². The fourth-order valence-corrected chi connectivity index (χ4v) is 4.42. The number of hydrogen-bond donors (Lipinski definition) is 0. The molecule has 0 atom stereocenters. The number of ether oxygens (including phenoxy) is 2. The Morgan fingerprint density at radius 2 is 1.73 bits per heavy atom. The summed E-state index contributed by atoms with van der Waals surface area (Å²) in [4.78, 5) is 0.232. The minimum absolute atomic E-state index is 0.137. The van der Waals surface area contributed by atoms with Crippen molar-refractivity contribution < 1.29 is 17.9 Å². The Morgan fingerprint density at radius 3 is 2.54 bits per heavy atom. The zero-order chi connectivity index (χ0) is 18.1. The third-order valence-electron chi connectivity index (χ3n) is 4.25. The molecule has 0 unspecified atom stereocenters. The number of hydrogen-bond acceptors (Lipinski definition) is 4. The lowest BCUT2D eigenvalue weighted by Gasteiger charge is -2.23. The van der Waals surface area contributed by atoms with Gasteiger partial charge in [-0.2, -0.15) is 0 Å². The third kappa shape index (κ3) is 2.78. The van der Waals surface area contributed by atoms with Crippen LogP contribution in [-0.2, 0) is 10.0 Å². The van der Waals surface area contributed by atoms with Gasteiger partial charge in [0.05, 0.1) is 17.1 Å². The first kappa shape index (κ1) is 16.5. The first-order valence-electron chi connectivity index (χ1n) is 8.12. The molecule has 0 saturated heterocycles. The van der Waals surface area contributed by atoms with Crippen LogP contribution in [0.3, 0.4) is 0 Å². The van der Waals surface area contributed by atoms with Gasteiger partial charge in [0.2, 0.25) is 6.79 Å². The molecule has 6 heteroatoms. The van der Waals surface area contributed by atoms with Crippen molar-refractivity contribution in [3.63, 3.8) is 0 Å². The maximum atomic E-state index is 13.3. The second kappa shape index (κ2) is 6.38. The number of sulfonamides is 1. The standard InChI is InChI=1S/C20H17NO4S/c1-2-11-21(17-8-10-19-20(13-17)25-14-24-19)26(22,23)18-9-7-15-5-3-4-6-16(15)12-18/h2-10,12-13H,1,11,14H2. The van der Waals surface area contributed by atoms with Gasteiger partial charge in [-0.25, -0.2) is 8.42 Å². The summed E-state index contributed by atoms with van der Waals surface area (Å²) in [6.45, 7) is 3.98. The van der Waals surface area contributed by atoms with Crippen LogP contribution in [0.4, 0.5) is 5.69 Å². The molecule has 0 radical (unpaired) electrons. The van der Waals surface area contributed by atoms with Crippen LogP contribution in [-0.4, -0.2) is 21.8 Å². The van der Waals surface area contributed by atoms with Crippen LogP contribution in [0.2, 0.25) is 0 Å². The van der Waals surface area contributed by atoms with Crippen LogP contribution < -0.4 is 13.8 Å². The Hall–Kier alpha value is -2.99. The second-order valence-corrected chi connectivity index (χ2v) is 7.73. The largest absolute Gasteiger partial charge is 0.454 e. The molecule has 26 heavy (non-hydrogen) atoms. The van der Waals surface area contributed by atoms with Crippen molar-refractivity contribution in [3.8, 4) is 11.5 Å². The van der Waals surface area contributed by atoms with E-state index in [1.165, 1.54) is 4.31 Å². The molecule has 3 aromatic carbocycles. The fraction of sp³-hybridized carbons (Fsp3) is 0.100. The average molecular weight is 367 g/mol. The van der Waals surface area contributed by atoms with Crippen LogP contribution in [0.5, 0.6) is 11.5 Å². The van der Waals surface area contributed by atoms with Gasteiger partial charge in [-0.15, -0.1) is 6.58 Å². The molecule has 0 spiro atoms. The normalized spacial score (nSPS) is 12.9. The van der Waals surface area contributed by atoms with E-state index in [1.54, 1.807) is 36.4 Å². The molecule has 0 fully saturated rings. The van der Waals surface area contributed by atoms with Gasteiger partial charge >= 0.3 is 0 Å². The lowest BCUT2D eigenvalue weighted by Crippen LogP contribution is -2.31. The van der Waals surface area contributed by atoms with Crippen molar-refractivity contribution >= 4 is 26.5 Å². The van der Waals surface area contributed by atoms with E-state index in [2.05, 4.69) is 6.58 Å². The van der Waals surface area contributed by atoms with E-state index in [4.69, 9.17) is 9.47 Å². The average Bonchev–Trinajstić information content (AvgIpc) is 3.13. The van der Waals surface area contributed by atoms with Crippen molar-refractivity contribution in [2.75, 3.05) is 17.6 Å². The summed E-state index contributed by atoms with van der Waals surface area (Å²) in [6.07, 6.45) is 1.56. The Labute approximate surface area is 152 Å². The van der Waals surface area contributed by atoms with Crippen molar-refractivity contribution in [2.45, 2.75) is 4.90 Å². The maximum Gasteiger partial charge on any atom is 0.264 e. The van der Waals surface area contributed by atoms with Crippen LogP contribution in [0.15, 0.2) is 78.2 Å². The molecule has 0 saturated carbocycles. The Bertz CT molecular complexity index is 1090. The van der Waals surface area contributed by atoms with Gasteiger partial charge in [0.25, 0.3) is 10.0 Å². The molecule has 0 aromatic heterocycles. The highest BCUT2D eigenvalue weighted by Gasteiger charge is 2.26. The van der Waals surface area contributed by atoms with Crippen molar-refractivity contribution in [1.82, 2.24) is 0 Å². The van der Waals surface area contributed by atoms with E-state index < -0.39 is 10.0 Å². The Kier molecular flexibility index (Phi) is 4.05. The highest BCUT2D eigenvalue weighted by molar-refractivity contribution is 7.92. The lowest BCUT2D eigenvalue weighted by atomic mass is 10.1. The second-order valence-electron chi connectivity index (χ2n) is 5.87. The van der Waals surface area contributed by atoms with Gasteiger partial charge in [-0.1, -0.05) is 36.4 Å². The Balaban J connectivity index is 1.80. The molecule has 1 aliphatic heterocycles. The molecule has 0 aliphatic carbocycles. The first-order valence-corrected chi connectivity index (χ1v) is 9.56. The van der Waals surface area contributed by atoms with Gasteiger partial charge in [0, 0.05) is 6.07 Å². The van der Waals surface area contributed by atoms with Gasteiger partial charge in [0.15, 0.2) is 11.5 Å². The smallest absolute Gasteiger partial charge is 0.264 e. The SMILES string of the molecule is C=CCN(c1ccc2c(c1)OCO2)S(=O)(=O)c1ccc2ccccc2c1. The van der Waals surface area contributed by atoms with Gasteiger partial charge in [-0.3, -0.25) is 4.31 Å². The lowest BCUT2D eigenvalue weighted by molar-refractivity contribution is 0.174. The fourth-order valence-electron chi connectivity index (χ4n) is 2.96. The Morgan fingerprint density at radius 1 is 0.962 bits per heavy atom. The zero-order valence-electron chi connectivity index (χ0n) is 14.0. The highest BCUT2D eigenvalue weighted by atomic mass is 32.2. The number of fused-ring (bicyclic) bond motifs is 2. The van der Waals surface area contributed by atoms with E-state index in [0.29, 0.717) is 17.2 Å². The van der Waals surface area contributed by atoms with Gasteiger partial charge in [0.1, 0.15) is 0 Å². The summed E-state index contributed by atoms with van der Waals surface area (Å²) in [5.74, 6) is 1.14. The summed E-state index contributed by atoms with van der Waals surface area (Å²) in [5.41, 5.74) is 0.502. The highest BCUT2D eigenvalue weighted by Crippen LogP contribution is 2.37. The predicted molar refractivity (Wildman–Crippen MR) is 101 cm³/mol. The molecule has 1 heterocycles. The molecule has 1 aliphatic rings. The summed E-state index contributed by atoms with van der Waals surface area (Å²) in [7, 11) is -3.76. The zero-order valence-corrected chi connectivity index (χ0v) is 14.8. The molecule has 0 amide bonds. The van der Waals surface area contributed by atoms with E-state index in [0.717, 1.165) is 10.8 Å². The van der Waals surface area contributed by atoms with Crippen LogP contribution in [0.1, 0.15) is 0 Å². The van der Waals surface area contributed by atoms with Crippen molar-refractivity contribution in [3.05, 3.63) is 73.3 Å². The molecule has 0 bridgehead atoms. The molecule has 132 valence electrons. The number of nitrogens with zero attached hydrogens (tertiary/aromatic N) is 1. The molecule has 0 N–H and O–H groups in total. The van der Waals surface area contributed by atoms with Gasteiger partial charge in [-0.05, 0) is 35.0 Å². The van der Waals surface area contributed by atoms with Gasteiger partial charge < -0.3 is 9.47 Å². The van der Waals surface area contributed by atoms with Crippen LogP contribution in [0, 0.1) is 0 Å². The monoisotopic (exact) mass is 367 g/mol. The summed E-state index contributed by atoms with van der Waals surface area (Å²) >= 11 is 0. The minimum Gasteiger partial charge on any atom is -0.454 e. The number of benzene rings is 3. The molecule has 4 rings (SSSR count). The first-order chi connectivity index (χ1) is 12.6. The summed E-state index contributed by atoms with van der Waals surface area (Å²) in [6, 6.07) is 17.9. The number of anilines is 1. The third-order valence-corrected chi connectivity index (χ3v) is 6.04. The van der Waals surface area contributed by atoms with Crippen LogP contribution in [0.25, 0.3) is 10.8 Å². The topological polar surface area (TPSA) is 55.8 Å². The van der Waals surface area contributed by atoms with Crippen LogP contribution >= 0.6 is 0 Å². The van der Waals surface area contributed by atoms with E-state index in [9.17, 15) is 8.42 Å². The quantitative estimate of drug-likeness (QED) is 0.641. The van der Waals surface area contributed by atoms with E-state index in [1.807, 2.05) is 30.3 Å². The summed E-state index contributed by atoms with van der Waals surface area (Å²) in [5, 5.41) is 1.86. The summed E-state index contributed by atoms with van der Waals surface area (Å²) < 4.78 is 38.5. The molecular weight excluding hydrogens is 350 g/mol.